The van der Waals surface area contributed by atoms with Gasteiger partial charge in [0.15, 0.2) is 33.8 Å². The zero-order valence-electron chi connectivity index (χ0n) is 19.6. The van der Waals surface area contributed by atoms with E-state index in [1.165, 1.54) is 22.5 Å². The van der Waals surface area contributed by atoms with E-state index in [9.17, 15) is 19.0 Å². The summed E-state index contributed by atoms with van der Waals surface area (Å²) in [7, 11) is 0. The molecule has 0 aliphatic heterocycles. The van der Waals surface area contributed by atoms with Crippen molar-refractivity contribution in [1.29, 1.82) is 0 Å². The van der Waals surface area contributed by atoms with Gasteiger partial charge in [-0.1, -0.05) is 30.0 Å². The molecule has 0 bridgehead atoms. The maximum absolute atomic E-state index is 13.7. The number of halogens is 2. The molecule has 2 aromatic heterocycles. The second kappa shape index (κ2) is 10.5. The molecule has 2 aliphatic carbocycles. The number of thioether (sulfide) groups is 1. The molecule has 2 fully saturated rings. The number of aliphatic hydroxyl groups is 3. The summed E-state index contributed by atoms with van der Waals surface area (Å²) in [5.41, 5.74) is 1.53. The minimum atomic E-state index is -1.15. The Morgan fingerprint density at radius 2 is 2.00 bits per heavy atom. The summed E-state index contributed by atoms with van der Waals surface area (Å²) >= 11 is 1.48. The maximum atomic E-state index is 13.7. The first-order valence-electron chi connectivity index (χ1n) is 12.0. The van der Waals surface area contributed by atoms with Gasteiger partial charge in [-0.25, -0.2) is 23.4 Å². The average Bonchev–Trinajstić information content (AvgIpc) is 3.41. The van der Waals surface area contributed by atoms with Gasteiger partial charge in [-0.2, -0.15) is 0 Å². The molecule has 2 saturated carbocycles. The zero-order chi connectivity index (χ0) is 25.4. The van der Waals surface area contributed by atoms with Crippen molar-refractivity contribution < 1.29 is 28.8 Å². The highest BCUT2D eigenvalue weighted by Gasteiger charge is 2.45. The highest BCUT2D eigenvalue weighted by Crippen LogP contribution is 2.44. The molecule has 2 heterocycles. The number of fused-ring (bicyclic) bond motifs is 1. The average molecular weight is 523 g/mol. The molecule has 4 N–H and O–H groups in total. The summed E-state index contributed by atoms with van der Waals surface area (Å²) in [4.78, 5) is 9.27. The normalized spacial score (nSPS) is 27.6. The fourth-order valence-electron chi connectivity index (χ4n) is 4.61. The largest absolute Gasteiger partial charge is 0.394 e. The Labute approximate surface area is 210 Å². The second-order valence-corrected chi connectivity index (χ2v) is 10.2. The van der Waals surface area contributed by atoms with Crippen LogP contribution >= 0.6 is 11.8 Å². The third-order valence-electron chi connectivity index (χ3n) is 6.56. The fraction of sp³-hybridized carbons (Fsp3) is 0.565. The third kappa shape index (κ3) is 4.90. The van der Waals surface area contributed by atoms with Gasteiger partial charge in [0, 0.05) is 24.1 Å². The zero-order valence-corrected chi connectivity index (χ0v) is 20.4. The first-order valence-corrected chi connectivity index (χ1v) is 13.0. The lowest BCUT2D eigenvalue weighted by Gasteiger charge is -2.17. The lowest BCUT2D eigenvalue weighted by Crippen LogP contribution is -2.33. The summed E-state index contributed by atoms with van der Waals surface area (Å²) < 4.78 is 34.0. The summed E-state index contributed by atoms with van der Waals surface area (Å²) in [5, 5.41) is 42.5. The van der Waals surface area contributed by atoms with Crippen molar-refractivity contribution in [3.8, 4) is 0 Å². The lowest BCUT2D eigenvalue weighted by molar-refractivity contribution is -0.0629. The van der Waals surface area contributed by atoms with Crippen LogP contribution in [0.1, 0.15) is 43.7 Å². The monoisotopic (exact) mass is 522 g/mol. The molecular formula is C23H28F2N6O4S. The van der Waals surface area contributed by atoms with E-state index < -0.39 is 36.0 Å². The Hall–Kier alpha value is -2.45. The first kappa shape index (κ1) is 25.2. The number of anilines is 1. The number of hydrogen-bond donors (Lipinski definition) is 4. The highest BCUT2D eigenvalue weighted by atomic mass is 32.2. The second-order valence-electron chi connectivity index (χ2n) is 9.09. The molecule has 3 aromatic rings. The smallest absolute Gasteiger partial charge is 0.191 e. The molecule has 6 atom stereocenters. The Morgan fingerprint density at radius 3 is 2.75 bits per heavy atom. The summed E-state index contributed by atoms with van der Waals surface area (Å²) in [6, 6.07) is 3.26. The number of aliphatic hydroxyl groups excluding tert-OH is 3. The number of nitrogens with zero attached hydrogens (tertiary/aromatic N) is 5. The SMILES string of the molecule is CCCSc1nc(NC2C[C@@H]2c2ccc(F)c(F)c2)c2nnn(C3C[C@H](OCCO)[C@@H](O)[C@H]3O)c2n1. The van der Waals surface area contributed by atoms with E-state index >= 15 is 0 Å². The molecule has 10 nitrogen and oxygen atoms in total. The summed E-state index contributed by atoms with van der Waals surface area (Å²) in [6.07, 6.45) is -1.04. The van der Waals surface area contributed by atoms with Crippen molar-refractivity contribution in [2.45, 2.75) is 67.7 Å². The quantitative estimate of drug-likeness (QED) is 0.231. The lowest BCUT2D eigenvalue weighted by atomic mass is 10.1. The van der Waals surface area contributed by atoms with Gasteiger partial charge >= 0.3 is 0 Å². The number of aromatic nitrogens is 5. The minimum Gasteiger partial charge on any atom is -0.394 e. The van der Waals surface area contributed by atoms with E-state index in [-0.39, 0.29) is 31.6 Å². The standard InChI is InChI=1S/C23H28F2N6O4S/c1-2-7-36-23-27-21(26-15-9-12(15)11-3-4-13(24)14(25)8-11)18-22(28-23)31(30-29-18)16-10-17(35-6-5-32)20(34)19(16)33/h3-4,8,12,15-17,19-20,32-34H,2,5-7,9-10H2,1H3,(H,26,27,28)/t12-,15?,16?,17+,19+,20-/m1/s1. The van der Waals surface area contributed by atoms with Crippen LogP contribution in [0.4, 0.5) is 14.6 Å². The van der Waals surface area contributed by atoms with Crippen LogP contribution in [0.2, 0.25) is 0 Å². The van der Waals surface area contributed by atoms with E-state index in [0.717, 1.165) is 24.7 Å². The molecule has 0 saturated heterocycles. The van der Waals surface area contributed by atoms with Crippen LogP contribution in [0, 0.1) is 11.6 Å². The highest BCUT2D eigenvalue weighted by molar-refractivity contribution is 7.99. The summed E-state index contributed by atoms with van der Waals surface area (Å²) in [5.74, 6) is -0.472. The van der Waals surface area contributed by atoms with E-state index in [1.54, 1.807) is 6.07 Å². The number of benzene rings is 1. The van der Waals surface area contributed by atoms with Gasteiger partial charge in [-0.05, 0) is 30.5 Å². The van der Waals surface area contributed by atoms with Gasteiger partial charge in [-0.3, -0.25) is 0 Å². The van der Waals surface area contributed by atoms with Crippen LogP contribution in [0.3, 0.4) is 0 Å². The molecule has 0 spiro atoms. The van der Waals surface area contributed by atoms with Gasteiger partial charge < -0.3 is 25.4 Å². The minimum absolute atomic E-state index is 0.00291. The molecule has 13 heteroatoms. The molecule has 1 aromatic carbocycles. The van der Waals surface area contributed by atoms with E-state index in [2.05, 4.69) is 32.5 Å². The Balaban J connectivity index is 1.43. The van der Waals surface area contributed by atoms with Gasteiger partial charge in [0.1, 0.15) is 12.2 Å². The van der Waals surface area contributed by atoms with Gasteiger partial charge in [-0.15, -0.1) is 5.10 Å². The molecule has 2 unspecified atom stereocenters. The Bertz CT molecular complexity index is 1230. The number of ether oxygens (including phenoxy) is 1. The van der Waals surface area contributed by atoms with Crippen molar-refractivity contribution >= 4 is 28.7 Å². The van der Waals surface area contributed by atoms with Gasteiger partial charge in [0.2, 0.25) is 0 Å². The summed E-state index contributed by atoms with van der Waals surface area (Å²) in [6.45, 7) is 1.91. The molecule has 36 heavy (non-hydrogen) atoms. The predicted molar refractivity (Wildman–Crippen MR) is 128 cm³/mol. The van der Waals surface area contributed by atoms with Crippen molar-refractivity contribution in [2.75, 3.05) is 24.3 Å². The molecule has 2 aliphatic rings. The Morgan fingerprint density at radius 1 is 1.17 bits per heavy atom. The van der Waals surface area contributed by atoms with Crippen LogP contribution < -0.4 is 5.32 Å². The van der Waals surface area contributed by atoms with Crippen molar-refractivity contribution in [1.82, 2.24) is 25.0 Å². The molecule has 0 amide bonds. The van der Waals surface area contributed by atoms with Crippen LogP contribution in [0.15, 0.2) is 23.4 Å². The molecular weight excluding hydrogens is 494 g/mol. The van der Waals surface area contributed by atoms with Crippen LogP contribution in [0.25, 0.3) is 11.2 Å². The Kier molecular flexibility index (Phi) is 7.35. The van der Waals surface area contributed by atoms with Crippen molar-refractivity contribution in [3.05, 3.63) is 35.4 Å². The fourth-order valence-corrected chi connectivity index (χ4v) is 5.31. The van der Waals surface area contributed by atoms with E-state index in [1.807, 2.05) is 0 Å². The first-order chi connectivity index (χ1) is 17.4. The number of nitrogens with one attached hydrogen (secondary N) is 1. The van der Waals surface area contributed by atoms with Gasteiger partial charge in [0.05, 0.1) is 25.4 Å². The van der Waals surface area contributed by atoms with Crippen LogP contribution in [-0.4, -0.2) is 83.6 Å². The molecule has 5 rings (SSSR count). The molecule has 0 radical (unpaired) electrons. The van der Waals surface area contributed by atoms with E-state index in [4.69, 9.17) is 9.84 Å². The van der Waals surface area contributed by atoms with Crippen LogP contribution in [-0.2, 0) is 4.74 Å². The van der Waals surface area contributed by atoms with Crippen molar-refractivity contribution in [3.63, 3.8) is 0 Å². The maximum Gasteiger partial charge on any atom is 0.191 e. The van der Waals surface area contributed by atoms with E-state index in [0.29, 0.717) is 27.7 Å². The van der Waals surface area contributed by atoms with Gasteiger partial charge in [0.25, 0.3) is 0 Å². The topological polar surface area (TPSA) is 138 Å². The van der Waals surface area contributed by atoms with Crippen molar-refractivity contribution in [2.24, 2.45) is 0 Å². The molecule has 194 valence electrons. The third-order valence-corrected chi connectivity index (χ3v) is 7.61. The number of rotatable bonds is 10. The number of hydrogen-bond acceptors (Lipinski definition) is 10. The van der Waals surface area contributed by atoms with Crippen LogP contribution in [0.5, 0.6) is 0 Å². The predicted octanol–water partition coefficient (Wildman–Crippen LogP) is 2.01.